The van der Waals surface area contributed by atoms with E-state index in [1.807, 2.05) is 6.07 Å². The molecular weight excluding hydrogens is 244 g/mol. The van der Waals surface area contributed by atoms with E-state index in [4.69, 9.17) is 14.2 Å². The first-order valence-corrected chi connectivity index (χ1v) is 6.51. The predicted molar refractivity (Wildman–Crippen MR) is 74.1 cm³/mol. The van der Waals surface area contributed by atoms with Crippen LogP contribution in [0.5, 0.6) is 11.5 Å². The highest BCUT2D eigenvalue weighted by Gasteiger charge is 2.16. The topological polar surface area (TPSA) is 44.8 Å². The molecular formula is C15H22O4. The molecule has 4 nitrogen and oxygen atoms in total. The number of aryl methyl sites for hydroxylation is 1. The molecule has 0 saturated carbocycles. The van der Waals surface area contributed by atoms with E-state index in [0.717, 1.165) is 31.2 Å². The van der Waals surface area contributed by atoms with Crippen LogP contribution in [-0.2, 0) is 11.2 Å². The van der Waals surface area contributed by atoms with E-state index in [-0.39, 0.29) is 5.97 Å². The van der Waals surface area contributed by atoms with Gasteiger partial charge in [0.25, 0.3) is 0 Å². The molecule has 0 bridgehead atoms. The molecule has 0 saturated heterocycles. The Morgan fingerprint density at radius 1 is 1.11 bits per heavy atom. The van der Waals surface area contributed by atoms with Crippen LogP contribution in [0.2, 0.25) is 0 Å². The monoisotopic (exact) mass is 266 g/mol. The Morgan fingerprint density at radius 2 is 1.84 bits per heavy atom. The van der Waals surface area contributed by atoms with Gasteiger partial charge in [0.1, 0.15) is 0 Å². The number of esters is 1. The summed E-state index contributed by atoms with van der Waals surface area (Å²) in [6.07, 6.45) is 4.21. The Morgan fingerprint density at radius 3 is 2.37 bits per heavy atom. The summed E-state index contributed by atoms with van der Waals surface area (Å²) in [5, 5.41) is 0. The van der Waals surface area contributed by atoms with Gasteiger partial charge >= 0.3 is 5.97 Å². The molecule has 1 rings (SSSR count). The second-order valence-electron chi connectivity index (χ2n) is 4.32. The summed E-state index contributed by atoms with van der Waals surface area (Å²) in [7, 11) is 4.55. The first-order chi connectivity index (χ1) is 9.17. The van der Waals surface area contributed by atoms with Crippen LogP contribution >= 0.6 is 0 Å². The highest BCUT2D eigenvalue weighted by Crippen LogP contribution is 2.33. The van der Waals surface area contributed by atoms with Crippen LogP contribution in [0.3, 0.4) is 0 Å². The van der Waals surface area contributed by atoms with Crippen molar-refractivity contribution < 1.29 is 19.0 Å². The van der Waals surface area contributed by atoms with Crippen molar-refractivity contribution in [3.63, 3.8) is 0 Å². The maximum absolute atomic E-state index is 11.6. The minimum atomic E-state index is -0.363. The molecule has 0 radical (unpaired) electrons. The van der Waals surface area contributed by atoms with E-state index in [1.54, 1.807) is 20.3 Å². The molecule has 106 valence electrons. The van der Waals surface area contributed by atoms with Gasteiger partial charge in [0, 0.05) is 0 Å². The van der Waals surface area contributed by atoms with E-state index in [2.05, 4.69) is 6.92 Å². The van der Waals surface area contributed by atoms with Crippen molar-refractivity contribution in [3.8, 4) is 11.5 Å². The molecule has 0 aromatic heterocycles. The van der Waals surface area contributed by atoms with Gasteiger partial charge in [-0.1, -0.05) is 19.8 Å². The van der Waals surface area contributed by atoms with Gasteiger partial charge in [-0.2, -0.15) is 0 Å². The minimum absolute atomic E-state index is 0.363. The smallest absolute Gasteiger partial charge is 0.337 e. The molecule has 0 aliphatic carbocycles. The summed E-state index contributed by atoms with van der Waals surface area (Å²) < 4.78 is 15.4. The number of methoxy groups -OCH3 is 3. The average molecular weight is 266 g/mol. The van der Waals surface area contributed by atoms with Crippen LogP contribution in [0.25, 0.3) is 0 Å². The van der Waals surface area contributed by atoms with Crippen molar-refractivity contribution >= 4 is 5.97 Å². The van der Waals surface area contributed by atoms with Crippen LogP contribution in [0.1, 0.15) is 42.1 Å². The van der Waals surface area contributed by atoms with Gasteiger partial charge < -0.3 is 14.2 Å². The van der Waals surface area contributed by atoms with Gasteiger partial charge in [0.15, 0.2) is 11.5 Å². The highest BCUT2D eigenvalue weighted by atomic mass is 16.5. The van der Waals surface area contributed by atoms with Crippen molar-refractivity contribution in [1.82, 2.24) is 0 Å². The summed E-state index contributed by atoms with van der Waals surface area (Å²) in [4.78, 5) is 11.6. The molecule has 0 aliphatic heterocycles. The third kappa shape index (κ3) is 3.88. The van der Waals surface area contributed by atoms with E-state index in [9.17, 15) is 4.79 Å². The second kappa shape index (κ2) is 7.67. The Labute approximate surface area is 114 Å². The predicted octanol–water partition coefficient (Wildman–Crippen LogP) is 3.22. The van der Waals surface area contributed by atoms with Crippen molar-refractivity contribution in [2.24, 2.45) is 0 Å². The number of ether oxygens (including phenoxy) is 3. The van der Waals surface area contributed by atoms with Crippen molar-refractivity contribution in [2.75, 3.05) is 21.3 Å². The fourth-order valence-corrected chi connectivity index (χ4v) is 2.03. The lowest BCUT2D eigenvalue weighted by molar-refractivity contribution is 0.0600. The van der Waals surface area contributed by atoms with E-state index in [0.29, 0.717) is 17.1 Å². The zero-order valence-electron chi connectivity index (χ0n) is 12.1. The first-order valence-electron chi connectivity index (χ1n) is 6.51. The summed E-state index contributed by atoms with van der Waals surface area (Å²) in [5.74, 6) is 0.904. The van der Waals surface area contributed by atoms with Crippen molar-refractivity contribution in [1.29, 1.82) is 0 Å². The third-order valence-electron chi connectivity index (χ3n) is 3.03. The summed E-state index contributed by atoms with van der Waals surface area (Å²) in [6.45, 7) is 2.16. The third-order valence-corrected chi connectivity index (χ3v) is 3.03. The zero-order valence-corrected chi connectivity index (χ0v) is 12.1. The van der Waals surface area contributed by atoms with Gasteiger partial charge in [-0.05, 0) is 30.5 Å². The van der Waals surface area contributed by atoms with Gasteiger partial charge in [-0.3, -0.25) is 0 Å². The van der Waals surface area contributed by atoms with Gasteiger partial charge in [-0.25, -0.2) is 4.79 Å². The molecule has 0 heterocycles. The normalized spacial score (nSPS) is 10.1. The lowest BCUT2D eigenvalue weighted by atomic mass is 10.0. The highest BCUT2D eigenvalue weighted by molar-refractivity contribution is 5.90. The van der Waals surface area contributed by atoms with Crippen LogP contribution in [0.4, 0.5) is 0 Å². The van der Waals surface area contributed by atoms with Crippen LogP contribution < -0.4 is 9.47 Å². The average Bonchev–Trinajstić information content (AvgIpc) is 2.45. The Balaban J connectivity index is 3.12. The first kappa shape index (κ1) is 15.3. The molecule has 0 atom stereocenters. The molecule has 19 heavy (non-hydrogen) atoms. The molecule has 0 spiro atoms. The summed E-state index contributed by atoms with van der Waals surface area (Å²) >= 11 is 0. The maximum Gasteiger partial charge on any atom is 0.337 e. The second-order valence-corrected chi connectivity index (χ2v) is 4.32. The number of hydrogen-bond acceptors (Lipinski definition) is 4. The number of unbranched alkanes of at least 4 members (excludes halogenated alkanes) is 2. The fraction of sp³-hybridized carbons (Fsp3) is 0.533. The van der Waals surface area contributed by atoms with Gasteiger partial charge in [0.2, 0.25) is 0 Å². The largest absolute Gasteiger partial charge is 0.493 e. The Bertz CT molecular complexity index is 426. The van der Waals surface area contributed by atoms with E-state index in [1.165, 1.54) is 7.11 Å². The maximum atomic E-state index is 11.6. The van der Waals surface area contributed by atoms with Crippen LogP contribution in [0.15, 0.2) is 12.1 Å². The molecule has 0 unspecified atom stereocenters. The van der Waals surface area contributed by atoms with Crippen molar-refractivity contribution in [3.05, 3.63) is 23.3 Å². The van der Waals surface area contributed by atoms with E-state index >= 15 is 0 Å². The lowest BCUT2D eigenvalue weighted by Crippen LogP contribution is -2.05. The van der Waals surface area contributed by atoms with Crippen LogP contribution in [0, 0.1) is 0 Å². The zero-order chi connectivity index (χ0) is 14.3. The fourth-order valence-electron chi connectivity index (χ4n) is 2.03. The SMILES string of the molecule is CCCCCc1cc(C(=O)OC)cc(OC)c1OC. The number of carbonyl (C=O) groups excluding carboxylic acids is 1. The Hall–Kier alpha value is -1.71. The number of benzene rings is 1. The molecule has 0 amide bonds. The Kier molecular flexibility index (Phi) is 6.19. The summed E-state index contributed by atoms with van der Waals surface area (Å²) in [6, 6.07) is 3.47. The standard InChI is InChI=1S/C15H22O4/c1-5-6-7-8-11-9-12(15(16)19-4)10-13(17-2)14(11)18-3/h9-10H,5-8H2,1-4H3. The summed E-state index contributed by atoms with van der Waals surface area (Å²) in [5.41, 5.74) is 1.47. The molecule has 1 aromatic rings. The number of rotatable bonds is 7. The molecule has 0 fully saturated rings. The van der Waals surface area contributed by atoms with Crippen LogP contribution in [-0.4, -0.2) is 27.3 Å². The minimum Gasteiger partial charge on any atom is -0.493 e. The number of carbonyl (C=O) groups is 1. The van der Waals surface area contributed by atoms with E-state index < -0.39 is 0 Å². The van der Waals surface area contributed by atoms with Crippen molar-refractivity contribution in [2.45, 2.75) is 32.6 Å². The number of hydrogen-bond donors (Lipinski definition) is 0. The van der Waals surface area contributed by atoms with Gasteiger partial charge in [-0.15, -0.1) is 0 Å². The quantitative estimate of drug-likeness (QED) is 0.561. The molecule has 4 heteroatoms. The molecule has 0 N–H and O–H groups in total. The molecule has 1 aromatic carbocycles. The molecule has 0 aliphatic rings. The van der Waals surface area contributed by atoms with Gasteiger partial charge in [0.05, 0.1) is 26.9 Å². The lowest BCUT2D eigenvalue weighted by Gasteiger charge is -2.14.